The lowest BCUT2D eigenvalue weighted by Gasteiger charge is -2.35. The SMILES string of the molecule is C=C[C@@H]1C2=C(CO[C@@H]1OCC)C(=O)NCC2. The molecule has 2 aliphatic rings. The first-order chi connectivity index (χ1) is 7.77. The fourth-order valence-corrected chi connectivity index (χ4v) is 2.24. The maximum Gasteiger partial charge on any atom is 0.249 e. The Bertz CT molecular complexity index is 335. The molecule has 0 aliphatic carbocycles. The Hall–Kier alpha value is -1.13. The largest absolute Gasteiger partial charge is 0.352 e. The third kappa shape index (κ3) is 1.90. The van der Waals surface area contributed by atoms with Crippen LogP contribution >= 0.6 is 0 Å². The standard InChI is InChI=1S/C12H17NO3/c1-3-8-9-5-6-13-11(14)10(9)7-16-12(8)15-4-2/h3,8,12H,1,4-7H2,2H3,(H,13,14)/t8-,12+/m1/s1. The normalized spacial score (nSPS) is 29.7. The highest BCUT2D eigenvalue weighted by Crippen LogP contribution is 2.32. The number of ether oxygens (including phenoxy) is 2. The molecule has 0 fully saturated rings. The van der Waals surface area contributed by atoms with Crippen LogP contribution in [0.1, 0.15) is 13.3 Å². The van der Waals surface area contributed by atoms with Crippen LogP contribution in [-0.2, 0) is 14.3 Å². The minimum atomic E-state index is -0.285. The summed E-state index contributed by atoms with van der Waals surface area (Å²) >= 11 is 0. The van der Waals surface area contributed by atoms with Crippen molar-refractivity contribution in [2.75, 3.05) is 19.8 Å². The molecule has 0 unspecified atom stereocenters. The van der Waals surface area contributed by atoms with Gasteiger partial charge in [-0.2, -0.15) is 0 Å². The van der Waals surface area contributed by atoms with Crippen molar-refractivity contribution < 1.29 is 14.3 Å². The molecule has 0 aromatic rings. The molecule has 0 bridgehead atoms. The van der Waals surface area contributed by atoms with Gasteiger partial charge >= 0.3 is 0 Å². The Morgan fingerprint density at radius 1 is 1.69 bits per heavy atom. The first-order valence-corrected chi connectivity index (χ1v) is 5.63. The van der Waals surface area contributed by atoms with Gasteiger partial charge in [-0.25, -0.2) is 0 Å². The van der Waals surface area contributed by atoms with E-state index in [0.717, 1.165) is 17.6 Å². The van der Waals surface area contributed by atoms with E-state index in [1.54, 1.807) is 0 Å². The molecular formula is C12H17NO3. The highest BCUT2D eigenvalue weighted by atomic mass is 16.7. The number of rotatable bonds is 3. The number of hydrogen-bond acceptors (Lipinski definition) is 3. The molecule has 2 aliphatic heterocycles. The topological polar surface area (TPSA) is 47.6 Å². The van der Waals surface area contributed by atoms with Crippen molar-refractivity contribution in [2.24, 2.45) is 5.92 Å². The van der Waals surface area contributed by atoms with Crippen LogP contribution in [0.3, 0.4) is 0 Å². The first kappa shape index (κ1) is 11.4. The zero-order chi connectivity index (χ0) is 11.5. The molecule has 2 atom stereocenters. The van der Waals surface area contributed by atoms with Crippen LogP contribution < -0.4 is 5.32 Å². The second-order valence-electron chi connectivity index (χ2n) is 3.91. The lowest BCUT2D eigenvalue weighted by Crippen LogP contribution is -2.42. The highest BCUT2D eigenvalue weighted by Gasteiger charge is 2.34. The fourth-order valence-electron chi connectivity index (χ4n) is 2.24. The van der Waals surface area contributed by atoms with Crippen LogP contribution in [0.5, 0.6) is 0 Å². The minimum Gasteiger partial charge on any atom is -0.352 e. The van der Waals surface area contributed by atoms with E-state index in [1.165, 1.54) is 0 Å². The molecule has 0 radical (unpaired) electrons. The van der Waals surface area contributed by atoms with Crippen LogP contribution in [0.25, 0.3) is 0 Å². The molecule has 0 aromatic heterocycles. The quantitative estimate of drug-likeness (QED) is 0.726. The third-order valence-electron chi connectivity index (χ3n) is 3.01. The Morgan fingerprint density at radius 3 is 3.19 bits per heavy atom. The summed E-state index contributed by atoms with van der Waals surface area (Å²) in [6, 6.07) is 0. The van der Waals surface area contributed by atoms with Crippen molar-refractivity contribution in [1.29, 1.82) is 0 Å². The van der Waals surface area contributed by atoms with E-state index in [2.05, 4.69) is 11.9 Å². The van der Waals surface area contributed by atoms with Gasteiger partial charge in [-0.1, -0.05) is 6.08 Å². The van der Waals surface area contributed by atoms with Crippen LogP contribution in [0.15, 0.2) is 23.8 Å². The molecule has 2 heterocycles. The number of carbonyl (C=O) groups is 1. The molecule has 0 spiro atoms. The molecule has 0 saturated heterocycles. The summed E-state index contributed by atoms with van der Waals surface area (Å²) in [6.07, 6.45) is 2.39. The Morgan fingerprint density at radius 2 is 2.50 bits per heavy atom. The minimum absolute atomic E-state index is 0.00903. The predicted molar refractivity (Wildman–Crippen MR) is 59.7 cm³/mol. The zero-order valence-corrected chi connectivity index (χ0v) is 9.49. The number of hydrogen-bond donors (Lipinski definition) is 1. The molecule has 0 aromatic carbocycles. The number of nitrogens with one attached hydrogen (secondary N) is 1. The molecule has 1 N–H and O–H groups in total. The summed E-state index contributed by atoms with van der Waals surface area (Å²) < 4.78 is 11.1. The van der Waals surface area contributed by atoms with Gasteiger partial charge in [0.1, 0.15) is 0 Å². The maximum absolute atomic E-state index is 11.6. The summed E-state index contributed by atoms with van der Waals surface area (Å²) in [4.78, 5) is 11.6. The zero-order valence-electron chi connectivity index (χ0n) is 9.49. The molecule has 88 valence electrons. The van der Waals surface area contributed by atoms with Crippen molar-refractivity contribution in [1.82, 2.24) is 5.32 Å². The van der Waals surface area contributed by atoms with Gasteiger partial charge in [0.25, 0.3) is 0 Å². The van der Waals surface area contributed by atoms with Gasteiger partial charge in [-0.05, 0) is 18.9 Å². The highest BCUT2D eigenvalue weighted by molar-refractivity contribution is 5.95. The van der Waals surface area contributed by atoms with E-state index in [4.69, 9.17) is 9.47 Å². The van der Waals surface area contributed by atoms with Gasteiger partial charge in [-0.3, -0.25) is 4.79 Å². The lowest BCUT2D eigenvalue weighted by atomic mass is 9.87. The molecular weight excluding hydrogens is 206 g/mol. The van der Waals surface area contributed by atoms with E-state index in [9.17, 15) is 4.79 Å². The predicted octanol–water partition coefficient (Wildman–Crippen LogP) is 0.998. The van der Waals surface area contributed by atoms with Gasteiger partial charge in [0, 0.05) is 24.6 Å². The Balaban J connectivity index is 2.26. The van der Waals surface area contributed by atoms with E-state index < -0.39 is 0 Å². The summed E-state index contributed by atoms with van der Waals surface area (Å²) in [6.45, 7) is 7.38. The number of carbonyl (C=O) groups excluding carboxylic acids is 1. The van der Waals surface area contributed by atoms with Gasteiger partial charge in [0.15, 0.2) is 6.29 Å². The van der Waals surface area contributed by atoms with Crippen LogP contribution in [0.4, 0.5) is 0 Å². The summed E-state index contributed by atoms with van der Waals surface area (Å²) in [5.74, 6) is -0.00204. The lowest BCUT2D eigenvalue weighted by molar-refractivity contribution is -0.159. The van der Waals surface area contributed by atoms with Gasteiger partial charge in [-0.15, -0.1) is 6.58 Å². The van der Waals surface area contributed by atoms with E-state index in [1.807, 2.05) is 13.0 Å². The molecule has 4 nitrogen and oxygen atoms in total. The van der Waals surface area contributed by atoms with Crippen molar-refractivity contribution in [3.63, 3.8) is 0 Å². The average Bonchev–Trinajstić information content (AvgIpc) is 2.29. The van der Waals surface area contributed by atoms with Crippen molar-refractivity contribution in [3.05, 3.63) is 23.8 Å². The number of amides is 1. The van der Waals surface area contributed by atoms with E-state index in [0.29, 0.717) is 19.8 Å². The average molecular weight is 223 g/mol. The van der Waals surface area contributed by atoms with Crippen LogP contribution in [-0.4, -0.2) is 32.0 Å². The summed E-state index contributed by atoms with van der Waals surface area (Å²) in [5.41, 5.74) is 1.88. The second kappa shape index (κ2) is 4.80. The smallest absolute Gasteiger partial charge is 0.249 e. The molecule has 1 amide bonds. The molecule has 16 heavy (non-hydrogen) atoms. The van der Waals surface area contributed by atoms with Crippen molar-refractivity contribution in [2.45, 2.75) is 19.6 Å². The first-order valence-electron chi connectivity index (χ1n) is 5.63. The van der Waals surface area contributed by atoms with Crippen molar-refractivity contribution in [3.8, 4) is 0 Å². The Labute approximate surface area is 95.3 Å². The molecule has 0 saturated carbocycles. The maximum atomic E-state index is 11.6. The van der Waals surface area contributed by atoms with Gasteiger partial charge < -0.3 is 14.8 Å². The summed E-state index contributed by atoms with van der Waals surface area (Å²) in [7, 11) is 0. The van der Waals surface area contributed by atoms with Gasteiger partial charge in [0.05, 0.1) is 6.61 Å². The second-order valence-corrected chi connectivity index (χ2v) is 3.91. The molecule has 4 heteroatoms. The Kier molecular flexibility index (Phi) is 3.41. The van der Waals surface area contributed by atoms with Crippen LogP contribution in [0, 0.1) is 5.92 Å². The van der Waals surface area contributed by atoms with Crippen molar-refractivity contribution >= 4 is 5.91 Å². The summed E-state index contributed by atoms with van der Waals surface area (Å²) in [5, 5.41) is 2.82. The third-order valence-corrected chi connectivity index (χ3v) is 3.01. The monoisotopic (exact) mass is 223 g/mol. The fraction of sp³-hybridized carbons (Fsp3) is 0.583. The van der Waals surface area contributed by atoms with Gasteiger partial charge in [0.2, 0.25) is 5.91 Å². The van der Waals surface area contributed by atoms with E-state index >= 15 is 0 Å². The van der Waals surface area contributed by atoms with E-state index in [-0.39, 0.29) is 18.1 Å². The molecule has 2 rings (SSSR count). The van der Waals surface area contributed by atoms with Crippen LogP contribution in [0.2, 0.25) is 0 Å².